The molecule has 0 N–H and O–H groups in total. The maximum Gasteiger partial charge on any atom is 0.416 e. The second kappa shape index (κ2) is 7.22. The Morgan fingerprint density at radius 2 is 1.96 bits per heavy atom. The fourth-order valence-electron chi connectivity index (χ4n) is 2.81. The molecule has 2 atom stereocenters. The number of aromatic nitrogens is 2. The molecule has 1 saturated heterocycles. The molecule has 1 aliphatic rings. The van der Waals surface area contributed by atoms with Gasteiger partial charge in [0.1, 0.15) is 0 Å². The van der Waals surface area contributed by atoms with Gasteiger partial charge in [-0.05, 0) is 37.0 Å². The van der Waals surface area contributed by atoms with Crippen LogP contribution in [0.2, 0.25) is 0 Å². The van der Waals surface area contributed by atoms with Gasteiger partial charge in [0.2, 0.25) is 5.89 Å². The summed E-state index contributed by atoms with van der Waals surface area (Å²) in [6, 6.07) is 4.96. The molecule has 0 saturated carbocycles. The normalized spacial score (nSPS) is 21.0. The summed E-state index contributed by atoms with van der Waals surface area (Å²) in [5, 5.41) is 8.02. The summed E-state index contributed by atoms with van der Waals surface area (Å²) < 4.78 is 66.3. The Morgan fingerprint density at radius 1 is 1.27 bits per heavy atom. The van der Waals surface area contributed by atoms with Gasteiger partial charge in [0, 0.05) is 11.7 Å². The summed E-state index contributed by atoms with van der Waals surface area (Å²) in [5.41, 5.74) is 0.0229. The molecule has 0 amide bonds. The molecular formula is C16H17F3N2O3S2. The van der Waals surface area contributed by atoms with E-state index in [9.17, 15) is 21.6 Å². The summed E-state index contributed by atoms with van der Waals surface area (Å²) in [5.74, 6) is 0.706. The number of thioether (sulfide) groups is 1. The highest BCUT2D eigenvalue weighted by Gasteiger charge is 2.31. The Kier molecular flexibility index (Phi) is 5.34. The lowest BCUT2D eigenvalue weighted by Crippen LogP contribution is -2.07. The standard InChI is InChI=1S/C16H17F3N2O3S2/c1-10(12-2-4-13(5-3-12)16(17,18)19)25-15-21-20-14(24-15)8-11-6-7-26(22,23)9-11/h2-5,10-11H,6-9H2,1H3. The fourth-order valence-corrected chi connectivity index (χ4v) is 5.50. The molecule has 10 heteroatoms. The molecule has 5 nitrogen and oxygen atoms in total. The third kappa shape index (κ3) is 4.79. The third-order valence-corrected chi connectivity index (χ3v) is 7.05. The molecule has 3 rings (SSSR count). The van der Waals surface area contributed by atoms with Crippen LogP contribution in [0.3, 0.4) is 0 Å². The van der Waals surface area contributed by atoms with Crippen LogP contribution in [0.4, 0.5) is 13.2 Å². The van der Waals surface area contributed by atoms with Crippen LogP contribution in [-0.4, -0.2) is 30.1 Å². The van der Waals surface area contributed by atoms with Crippen LogP contribution in [-0.2, 0) is 22.4 Å². The van der Waals surface area contributed by atoms with Crippen molar-refractivity contribution in [1.82, 2.24) is 10.2 Å². The lowest BCUT2D eigenvalue weighted by atomic mass is 10.1. The molecule has 1 aliphatic heterocycles. The molecule has 142 valence electrons. The topological polar surface area (TPSA) is 73.1 Å². The van der Waals surface area contributed by atoms with E-state index >= 15 is 0 Å². The van der Waals surface area contributed by atoms with Crippen molar-refractivity contribution in [2.24, 2.45) is 5.92 Å². The highest BCUT2D eigenvalue weighted by molar-refractivity contribution is 7.99. The number of nitrogens with zero attached hydrogens (tertiary/aromatic N) is 2. The SMILES string of the molecule is CC(Sc1nnc(CC2CCS(=O)(=O)C2)o1)c1ccc(C(F)(F)F)cc1. The second-order valence-electron chi connectivity index (χ2n) is 6.31. The Morgan fingerprint density at radius 3 is 2.54 bits per heavy atom. The van der Waals surface area contributed by atoms with E-state index < -0.39 is 21.6 Å². The fraction of sp³-hybridized carbons (Fsp3) is 0.500. The highest BCUT2D eigenvalue weighted by Crippen LogP contribution is 2.36. The zero-order valence-electron chi connectivity index (χ0n) is 13.9. The number of benzene rings is 1. The van der Waals surface area contributed by atoms with Gasteiger partial charge < -0.3 is 4.42 Å². The van der Waals surface area contributed by atoms with E-state index in [4.69, 9.17) is 4.42 Å². The van der Waals surface area contributed by atoms with E-state index in [0.29, 0.717) is 29.5 Å². The van der Waals surface area contributed by atoms with E-state index in [0.717, 1.165) is 12.1 Å². The number of hydrogen-bond acceptors (Lipinski definition) is 6. The summed E-state index contributed by atoms with van der Waals surface area (Å²) in [6.07, 6.45) is -3.35. The van der Waals surface area contributed by atoms with Gasteiger partial charge in [0.05, 0.1) is 17.1 Å². The quantitative estimate of drug-likeness (QED) is 0.701. The lowest BCUT2D eigenvalue weighted by Gasteiger charge is -2.11. The first-order chi connectivity index (χ1) is 12.1. The Bertz CT molecular complexity index is 864. The molecular weight excluding hydrogens is 389 g/mol. The van der Waals surface area contributed by atoms with E-state index in [-0.39, 0.29) is 22.7 Å². The Labute approximate surface area is 153 Å². The van der Waals surface area contributed by atoms with Gasteiger partial charge in [-0.15, -0.1) is 10.2 Å². The minimum Gasteiger partial charge on any atom is -0.416 e. The van der Waals surface area contributed by atoms with Crippen molar-refractivity contribution in [3.63, 3.8) is 0 Å². The molecule has 0 radical (unpaired) electrons. The van der Waals surface area contributed by atoms with Gasteiger partial charge >= 0.3 is 6.18 Å². The van der Waals surface area contributed by atoms with Gasteiger partial charge in [-0.1, -0.05) is 23.9 Å². The molecule has 2 heterocycles. The second-order valence-corrected chi connectivity index (χ2v) is 9.84. The van der Waals surface area contributed by atoms with Crippen molar-refractivity contribution in [2.75, 3.05) is 11.5 Å². The average Bonchev–Trinajstić information content (AvgIpc) is 3.13. The average molecular weight is 406 g/mol. The zero-order chi connectivity index (χ0) is 18.9. The van der Waals surface area contributed by atoms with Gasteiger partial charge in [-0.2, -0.15) is 13.2 Å². The molecule has 1 aromatic carbocycles. The van der Waals surface area contributed by atoms with E-state index in [1.165, 1.54) is 23.9 Å². The number of halogens is 3. The van der Waals surface area contributed by atoms with Crippen molar-refractivity contribution in [2.45, 2.75) is 36.4 Å². The molecule has 2 unspecified atom stereocenters. The number of alkyl halides is 3. The van der Waals surface area contributed by atoms with Crippen LogP contribution in [0.5, 0.6) is 0 Å². The Hall–Kier alpha value is -1.55. The minimum atomic E-state index is -4.36. The van der Waals surface area contributed by atoms with Crippen molar-refractivity contribution in [3.05, 3.63) is 41.3 Å². The number of rotatable bonds is 5. The molecule has 2 aromatic rings. The summed E-state index contributed by atoms with van der Waals surface area (Å²) in [6.45, 7) is 1.83. The van der Waals surface area contributed by atoms with Crippen LogP contribution in [0.15, 0.2) is 33.9 Å². The zero-order valence-corrected chi connectivity index (χ0v) is 15.5. The van der Waals surface area contributed by atoms with Gasteiger partial charge in [-0.3, -0.25) is 0 Å². The van der Waals surface area contributed by atoms with E-state index in [1.54, 1.807) is 0 Å². The first-order valence-electron chi connectivity index (χ1n) is 7.99. The molecule has 1 aromatic heterocycles. The van der Waals surface area contributed by atoms with E-state index in [1.807, 2.05) is 6.92 Å². The maximum atomic E-state index is 12.6. The first kappa shape index (κ1) is 19.2. The summed E-state index contributed by atoms with van der Waals surface area (Å²) in [7, 11) is -2.95. The predicted molar refractivity (Wildman–Crippen MR) is 90.5 cm³/mol. The summed E-state index contributed by atoms with van der Waals surface area (Å²) >= 11 is 1.25. The van der Waals surface area contributed by atoms with Crippen molar-refractivity contribution in [1.29, 1.82) is 0 Å². The first-order valence-corrected chi connectivity index (χ1v) is 10.7. The van der Waals surface area contributed by atoms with E-state index in [2.05, 4.69) is 10.2 Å². The van der Waals surface area contributed by atoms with Crippen molar-refractivity contribution in [3.8, 4) is 0 Å². The van der Waals surface area contributed by atoms with Gasteiger partial charge in [0.25, 0.3) is 5.22 Å². The third-order valence-electron chi connectivity index (χ3n) is 4.22. The molecule has 26 heavy (non-hydrogen) atoms. The molecule has 0 bridgehead atoms. The highest BCUT2D eigenvalue weighted by atomic mass is 32.2. The maximum absolute atomic E-state index is 12.6. The van der Waals surface area contributed by atoms with Crippen LogP contribution < -0.4 is 0 Å². The predicted octanol–water partition coefficient (Wildman–Crippen LogP) is 3.92. The van der Waals surface area contributed by atoms with Crippen LogP contribution in [0.25, 0.3) is 0 Å². The Balaban J connectivity index is 1.60. The van der Waals surface area contributed by atoms with Crippen molar-refractivity contribution >= 4 is 21.6 Å². The number of sulfone groups is 1. The largest absolute Gasteiger partial charge is 0.416 e. The minimum absolute atomic E-state index is 0.00867. The lowest BCUT2D eigenvalue weighted by molar-refractivity contribution is -0.137. The van der Waals surface area contributed by atoms with Crippen LogP contribution in [0, 0.1) is 5.92 Å². The van der Waals surface area contributed by atoms with Crippen molar-refractivity contribution < 1.29 is 26.0 Å². The molecule has 1 fully saturated rings. The molecule has 0 spiro atoms. The van der Waals surface area contributed by atoms with Crippen LogP contribution in [0.1, 0.15) is 35.6 Å². The monoisotopic (exact) mass is 406 g/mol. The smallest absolute Gasteiger partial charge is 0.416 e. The molecule has 0 aliphatic carbocycles. The van der Waals surface area contributed by atoms with Crippen LogP contribution >= 0.6 is 11.8 Å². The van der Waals surface area contributed by atoms with Gasteiger partial charge in [-0.25, -0.2) is 8.42 Å². The van der Waals surface area contributed by atoms with Gasteiger partial charge in [0.15, 0.2) is 9.84 Å². The summed E-state index contributed by atoms with van der Waals surface area (Å²) in [4.78, 5) is 0. The number of hydrogen-bond donors (Lipinski definition) is 0.